The molecule has 4 nitrogen and oxygen atoms in total. The molecule has 0 spiro atoms. The molecule has 2 unspecified atom stereocenters. The van der Waals surface area contributed by atoms with Crippen molar-refractivity contribution >= 4 is 40.0 Å². The van der Waals surface area contributed by atoms with E-state index in [-0.39, 0.29) is 12.0 Å². The second kappa shape index (κ2) is 9.19. The lowest BCUT2D eigenvalue weighted by Crippen LogP contribution is -2.27. The van der Waals surface area contributed by atoms with Crippen LogP contribution in [0.4, 0.5) is 0 Å². The van der Waals surface area contributed by atoms with Gasteiger partial charge in [-0.25, -0.2) is 4.79 Å². The van der Waals surface area contributed by atoms with Gasteiger partial charge in [0, 0.05) is 6.08 Å². The van der Waals surface area contributed by atoms with Gasteiger partial charge < -0.3 is 10.5 Å². The van der Waals surface area contributed by atoms with Gasteiger partial charge in [-0.15, -0.1) is 0 Å². The number of hydrazone groups is 1. The first-order valence-electron chi connectivity index (χ1n) is 10.3. The Labute approximate surface area is 187 Å². The van der Waals surface area contributed by atoms with Crippen LogP contribution in [0.15, 0.2) is 89.6 Å². The molecular formula is C26H23ClN2O2. The van der Waals surface area contributed by atoms with E-state index in [1.165, 1.54) is 11.1 Å². The predicted molar refractivity (Wildman–Crippen MR) is 128 cm³/mol. The summed E-state index contributed by atoms with van der Waals surface area (Å²) < 4.78 is 0. The highest BCUT2D eigenvalue weighted by atomic mass is 35.5. The zero-order valence-corrected chi connectivity index (χ0v) is 17.9. The minimum Gasteiger partial charge on any atom is -0.478 e. The maximum atomic E-state index is 10.8. The molecule has 0 aromatic heterocycles. The summed E-state index contributed by atoms with van der Waals surface area (Å²) >= 11 is 6.35. The molecule has 1 aliphatic heterocycles. The Hall–Kier alpha value is -3.37. The molecule has 5 heteroatoms. The highest BCUT2D eigenvalue weighted by molar-refractivity contribution is 6.66. The lowest BCUT2D eigenvalue weighted by Gasteiger charge is -2.23. The van der Waals surface area contributed by atoms with Crippen LogP contribution in [0.2, 0.25) is 0 Å². The van der Waals surface area contributed by atoms with Gasteiger partial charge in [-0.3, -0.25) is 0 Å². The van der Waals surface area contributed by atoms with Crippen molar-refractivity contribution in [3.05, 3.63) is 101 Å². The van der Waals surface area contributed by atoms with Crippen LogP contribution in [0.5, 0.6) is 0 Å². The molecule has 0 radical (unpaired) electrons. The highest BCUT2D eigenvalue weighted by Gasteiger charge is 2.30. The van der Waals surface area contributed by atoms with Crippen LogP contribution >= 0.6 is 11.6 Å². The van der Waals surface area contributed by atoms with E-state index in [2.05, 4.69) is 47.8 Å². The van der Waals surface area contributed by atoms with Crippen LogP contribution in [0, 0.1) is 5.92 Å². The Morgan fingerprint density at radius 1 is 1.13 bits per heavy atom. The van der Waals surface area contributed by atoms with Crippen LogP contribution < -0.4 is 5.43 Å². The maximum absolute atomic E-state index is 10.8. The zero-order valence-electron chi connectivity index (χ0n) is 17.1. The molecule has 0 saturated heterocycles. The number of carboxylic acids is 1. The van der Waals surface area contributed by atoms with Crippen molar-refractivity contribution in [2.45, 2.75) is 19.4 Å². The normalized spacial score (nSPS) is 20.6. The van der Waals surface area contributed by atoms with Gasteiger partial charge >= 0.3 is 5.97 Å². The van der Waals surface area contributed by atoms with Crippen molar-refractivity contribution in [3.8, 4) is 0 Å². The van der Waals surface area contributed by atoms with E-state index in [4.69, 9.17) is 16.7 Å². The smallest absolute Gasteiger partial charge is 0.328 e. The maximum Gasteiger partial charge on any atom is 0.328 e. The monoisotopic (exact) mass is 430 g/mol. The topological polar surface area (TPSA) is 61.7 Å². The number of carbonyl (C=O) groups is 1. The number of benzene rings is 2. The van der Waals surface area contributed by atoms with Gasteiger partial charge in [0.2, 0.25) is 0 Å². The van der Waals surface area contributed by atoms with Crippen LogP contribution in [0.25, 0.3) is 17.2 Å². The van der Waals surface area contributed by atoms with E-state index in [0.717, 1.165) is 34.8 Å². The van der Waals surface area contributed by atoms with Gasteiger partial charge in [0.15, 0.2) is 0 Å². The number of aliphatic carboxylic acids is 1. The molecule has 0 fully saturated rings. The Kier molecular flexibility index (Phi) is 6.19. The summed E-state index contributed by atoms with van der Waals surface area (Å²) in [4.78, 5) is 10.8. The fraction of sp³-hybridized carbons (Fsp3) is 0.154. The van der Waals surface area contributed by atoms with E-state index >= 15 is 0 Å². The number of halogens is 1. The quantitative estimate of drug-likeness (QED) is 0.453. The van der Waals surface area contributed by atoms with Crippen LogP contribution in [-0.2, 0) is 4.79 Å². The number of fused-ring (bicyclic) bond motifs is 1. The summed E-state index contributed by atoms with van der Waals surface area (Å²) in [6, 6.07) is 18.4. The first-order valence-corrected chi connectivity index (χ1v) is 10.6. The Morgan fingerprint density at radius 3 is 2.55 bits per heavy atom. The summed E-state index contributed by atoms with van der Waals surface area (Å²) in [6.07, 6.45) is 10.0. The average molecular weight is 431 g/mol. The van der Waals surface area contributed by atoms with E-state index < -0.39 is 5.97 Å². The van der Waals surface area contributed by atoms with Gasteiger partial charge in [-0.1, -0.05) is 91.4 Å². The predicted octanol–water partition coefficient (Wildman–Crippen LogP) is 5.74. The lowest BCUT2D eigenvalue weighted by molar-refractivity contribution is -0.131. The molecule has 4 rings (SSSR count). The summed E-state index contributed by atoms with van der Waals surface area (Å²) in [6.45, 7) is 2.16. The Morgan fingerprint density at radius 2 is 1.87 bits per heavy atom. The molecule has 0 amide bonds. The molecule has 2 aromatic rings. The van der Waals surface area contributed by atoms with Crippen molar-refractivity contribution in [1.82, 2.24) is 5.43 Å². The van der Waals surface area contributed by atoms with Gasteiger partial charge in [0.05, 0.1) is 12.0 Å². The SMILES string of the molecule is CC/C(=C(\C1=CC2C(Cl)=NNC2C=C1)c1ccc(/C=C/C(=O)O)cc1)c1ccccc1. The summed E-state index contributed by atoms with van der Waals surface area (Å²) in [5.41, 5.74) is 9.64. The van der Waals surface area contributed by atoms with E-state index in [0.29, 0.717) is 5.17 Å². The molecule has 31 heavy (non-hydrogen) atoms. The molecule has 0 saturated carbocycles. The van der Waals surface area contributed by atoms with Crippen molar-refractivity contribution in [3.63, 3.8) is 0 Å². The number of hydrogen-bond donors (Lipinski definition) is 2. The Balaban J connectivity index is 1.83. The first-order chi connectivity index (χ1) is 15.1. The average Bonchev–Trinajstić information content (AvgIpc) is 3.17. The van der Waals surface area contributed by atoms with Crippen LogP contribution in [-0.4, -0.2) is 22.3 Å². The number of hydrogen-bond acceptors (Lipinski definition) is 3. The molecule has 0 bridgehead atoms. The van der Waals surface area contributed by atoms with E-state index in [1.807, 2.05) is 42.5 Å². The van der Waals surface area contributed by atoms with Gasteiger partial charge in [0.25, 0.3) is 0 Å². The highest BCUT2D eigenvalue weighted by Crippen LogP contribution is 2.38. The molecule has 156 valence electrons. The summed E-state index contributed by atoms with van der Waals surface area (Å²) in [5, 5.41) is 13.6. The molecule has 2 aliphatic rings. The fourth-order valence-electron chi connectivity index (χ4n) is 4.01. The second-order valence-electron chi connectivity index (χ2n) is 7.46. The molecule has 2 aromatic carbocycles. The molecular weight excluding hydrogens is 408 g/mol. The number of allylic oxidation sites excluding steroid dienone is 4. The molecule has 2 atom stereocenters. The van der Waals surface area contributed by atoms with Crippen LogP contribution in [0.3, 0.4) is 0 Å². The fourth-order valence-corrected chi connectivity index (χ4v) is 4.25. The van der Waals surface area contributed by atoms with Gasteiger partial charge in [-0.2, -0.15) is 5.10 Å². The minimum absolute atomic E-state index is 0.0170. The molecule has 1 aliphatic carbocycles. The molecule has 1 heterocycles. The van der Waals surface area contributed by atoms with Gasteiger partial charge in [0.1, 0.15) is 5.17 Å². The first kappa shape index (κ1) is 20.9. The second-order valence-corrected chi connectivity index (χ2v) is 7.85. The van der Waals surface area contributed by atoms with E-state index in [9.17, 15) is 4.79 Å². The van der Waals surface area contributed by atoms with Gasteiger partial charge in [-0.05, 0) is 45.9 Å². The minimum atomic E-state index is -0.960. The zero-order chi connectivity index (χ0) is 21.8. The number of rotatable bonds is 6. The van der Waals surface area contributed by atoms with Crippen molar-refractivity contribution < 1.29 is 9.90 Å². The number of carboxylic acid groups (broad SMARTS) is 1. The lowest BCUT2D eigenvalue weighted by atomic mass is 9.83. The third-order valence-corrected chi connectivity index (χ3v) is 5.85. The number of nitrogens with one attached hydrogen (secondary N) is 1. The Bertz CT molecular complexity index is 1130. The van der Waals surface area contributed by atoms with Crippen LogP contribution in [0.1, 0.15) is 30.0 Å². The third kappa shape index (κ3) is 4.54. The number of nitrogens with zero attached hydrogens (tertiary/aromatic N) is 1. The largest absolute Gasteiger partial charge is 0.478 e. The summed E-state index contributed by atoms with van der Waals surface area (Å²) in [5.74, 6) is -0.943. The van der Waals surface area contributed by atoms with Crippen molar-refractivity contribution in [2.24, 2.45) is 11.0 Å². The standard InChI is InChI=1S/C26H23ClN2O2/c1-2-21(18-6-4-3-5-7-18)25(19-11-8-17(9-12-19)10-15-24(30)31)20-13-14-23-22(16-20)26(27)29-28-23/h3-16,22-23,28H,2H2,1H3,(H,30,31)/b15-10+,25-21+. The van der Waals surface area contributed by atoms with Crippen molar-refractivity contribution in [1.29, 1.82) is 0 Å². The van der Waals surface area contributed by atoms with E-state index in [1.54, 1.807) is 6.08 Å². The third-order valence-electron chi connectivity index (χ3n) is 5.51. The van der Waals surface area contributed by atoms with Crippen molar-refractivity contribution in [2.75, 3.05) is 0 Å². The summed E-state index contributed by atoms with van der Waals surface area (Å²) in [7, 11) is 0. The molecule has 2 N–H and O–H groups in total.